The zero-order chi connectivity index (χ0) is 19.1. The Morgan fingerprint density at radius 1 is 1.23 bits per heavy atom. The minimum absolute atomic E-state index is 0.172. The number of alkyl halides is 3. The van der Waals surface area contributed by atoms with E-state index in [1.807, 2.05) is 0 Å². The minimum Gasteiger partial charge on any atom is -0.348 e. The van der Waals surface area contributed by atoms with Crippen molar-refractivity contribution in [1.29, 1.82) is 0 Å². The normalized spacial score (nSPS) is 11.8. The number of aromatic nitrogens is 2. The van der Waals surface area contributed by atoms with Crippen molar-refractivity contribution in [1.82, 2.24) is 15.5 Å². The molecule has 5 nitrogen and oxygen atoms in total. The van der Waals surface area contributed by atoms with Crippen molar-refractivity contribution in [3.63, 3.8) is 0 Å². The van der Waals surface area contributed by atoms with Gasteiger partial charge in [-0.05, 0) is 37.6 Å². The highest BCUT2D eigenvalue weighted by Crippen LogP contribution is 2.32. The van der Waals surface area contributed by atoms with E-state index in [1.54, 1.807) is 13.8 Å². The van der Waals surface area contributed by atoms with Crippen LogP contribution in [0.4, 0.5) is 17.6 Å². The van der Waals surface area contributed by atoms with Gasteiger partial charge >= 0.3 is 6.18 Å². The number of fused-ring (bicyclic) bond motifs is 1. The molecule has 1 N–H and O–H groups in total. The fourth-order valence-corrected chi connectivity index (χ4v) is 2.63. The summed E-state index contributed by atoms with van der Waals surface area (Å²) in [5, 5.41) is 6.56. The van der Waals surface area contributed by atoms with Crippen LogP contribution in [0, 0.1) is 19.7 Å². The lowest BCUT2D eigenvalue weighted by Crippen LogP contribution is -2.25. The summed E-state index contributed by atoms with van der Waals surface area (Å²) in [4.78, 5) is 16.6. The van der Waals surface area contributed by atoms with E-state index >= 15 is 0 Å². The second-order valence-electron chi connectivity index (χ2n) is 5.74. The van der Waals surface area contributed by atoms with Crippen LogP contribution in [0.1, 0.15) is 32.9 Å². The van der Waals surface area contributed by atoms with E-state index < -0.39 is 30.0 Å². The standard InChI is InChI=1S/C17H13F4N3O2/c1-8-5-12(14-9(2)24-26-16(14)23-8)15(25)22-7-10-3-4-11(18)6-13(10)17(19,20)21/h3-6H,7H2,1-2H3,(H,22,25). The zero-order valence-corrected chi connectivity index (χ0v) is 13.7. The Balaban J connectivity index is 1.90. The van der Waals surface area contributed by atoms with Gasteiger partial charge in [0.05, 0.1) is 22.2 Å². The number of carbonyl (C=O) groups excluding carboxylic acids is 1. The van der Waals surface area contributed by atoms with Crippen LogP contribution in [0.15, 0.2) is 28.8 Å². The number of hydrogen-bond acceptors (Lipinski definition) is 4. The van der Waals surface area contributed by atoms with Gasteiger partial charge < -0.3 is 9.84 Å². The number of benzene rings is 1. The first-order chi connectivity index (χ1) is 12.2. The maximum atomic E-state index is 13.2. The Kier molecular flexibility index (Phi) is 4.39. The Morgan fingerprint density at radius 3 is 2.65 bits per heavy atom. The molecular weight excluding hydrogens is 354 g/mol. The van der Waals surface area contributed by atoms with Gasteiger partial charge in [0.1, 0.15) is 5.82 Å². The third-order valence-corrected chi connectivity index (χ3v) is 3.81. The third kappa shape index (κ3) is 3.37. The van der Waals surface area contributed by atoms with Gasteiger partial charge in [0.2, 0.25) is 0 Å². The van der Waals surface area contributed by atoms with E-state index in [9.17, 15) is 22.4 Å². The number of hydrogen-bond donors (Lipinski definition) is 1. The minimum atomic E-state index is -4.73. The van der Waals surface area contributed by atoms with Gasteiger partial charge in [0.25, 0.3) is 11.6 Å². The van der Waals surface area contributed by atoms with Crippen molar-refractivity contribution >= 4 is 17.0 Å². The van der Waals surface area contributed by atoms with Gasteiger partial charge in [-0.3, -0.25) is 4.79 Å². The Morgan fingerprint density at radius 2 is 1.96 bits per heavy atom. The Labute approximate surface area is 145 Å². The molecule has 3 aromatic rings. The Bertz CT molecular complexity index is 996. The first-order valence-electron chi connectivity index (χ1n) is 7.54. The summed E-state index contributed by atoms with van der Waals surface area (Å²) in [7, 11) is 0. The summed E-state index contributed by atoms with van der Waals surface area (Å²) < 4.78 is 57.3. The molecule has 136 valence electrons. The molecule has 0 spiro atoms. The largest absolute Gasteiger partial charge is 0.416 e. The second kappa shape index (κ2) is 6.40. The van der Waals surface area contributed by atoms with E-state index in [4.69, 9.17) is 4.52 Å². The van der Waals surface area contributed by atoms with Gasteiger partial charge in [0, 0.05) is 12.2 Å². The molecule has 0 aliphatic rings. The van der Waals surface area contributed by atoms with Crippen LogP contribution in [-0.4, -0.2) is 16.0 Å². The van der Waals surface area contributed by atoms with Gasteiger partial charge in [0.15, 0.2) is 0 Å². The topological polar surface area (TPSA) is 68.0 Å². The van der Waals surface area contributed by atoms with Crippen LogP contribution in [0.25, 0.3) is 11.1 Å². The van der Waals surface area contributed by atoms with E-state index in [1.165, 1.54) is 6.07 Å². The molecule has 0 saturated heterocycles. The fourth-order valence-electron chi connectivity index (χ4n) is 2.63. The molecule has 2 heterocycles. The average molecular weight is 367 g/mol. The maximum absolute atomic E-state index is 13.2. The van der Waals surface area contributed by atoms with Gasteiger partial charge in [-0.25, -0.2) is 9.37 Å². The summed E-state index contributed by atoms with van der Waals surface area (Å²) in [6, 6.07) is 3.81. The molecule has 0 bridgehead atoms. The SMILES string of the molecule is Cc1cc(C(=O)NCc2ccc(F)cc2C(F)(F)F)c2c(C)noc2n1. The molecule has 1 amide bonds. The van der Waals surface area contributed by atoms with Crippen LogP contribution < -0.4 is 5.32 Å². The molecule has 0 atom stereocenters. The predicted octanol–water partition coefficient (Wildman–Crippen LogP) is 3.93. The molecule has 9 heteroatoms. The number of amides is 1. The van der Waals surface area contributed by atoms with Crippen molar-refractivity contribution in [3.05, 3.63) is 58.2 Å². The van der Waals surface area contributed by atoms with Crippen LogP contribution >= 0.6 is 0 Å². The molecule has 0 radical (unpaired) electrons. The van der Waals surface area contributed by atoms with E-state index in [-0.39, 0.29) is 16.8 Å². The number of halogens is 4. The third-order valence-electron chi connectivity index (χ3n) is 3.81. The summed E-state index contributed by atoms with van der Waals surface area (Å²) in [5.41, 5.74) is -0.0642. The van der Waals surface area contributed by atoms with Crippen LogP contribution in [0.5, 0.6) is 0 Å². The Hall–Kier alpha value is -2.97. The molecule has 0 aliphatic carbocycles. The van der Waals surface area contributed by atoms with Gasteiger partial charge in [-0.1, -0.05) is 11.2 Å². The van der Waals surface area contributed by atoms with Gasteiger partial charge in [-0.15, -0.1) is 0 Å². The number of rotatable bonds is 3. The lowest BCUT2D eigenvalue weighted by atomic mass is 10.1. The molecule has 2 aromatic heterocycles. The zero-order valence-electron chi connectivity index (χ0n) is 13.7. The lowest BCUT2D eigenvalue weighted by Gasteiger charge is -2.14. The van der Waals surface area contributed by atoms with E-state index in [2.05, 4.69) is 15.5 Å². The second-order valence-corrected chi connectivity index (χ2v) is 5.74. The van der Waals surface area contributed by atoms with Crippen molar-refractivity contribution in [2.75, 3.05) is 0 Å². The number of nitrogens with one attached hydrogen (secondary N) is 1. The van der Waals surface area contributed by atoms with E-state index in [0.29, 0.717) is 22.8 Å². The highest BCUT2D eigenvalue weighted by Gasteiger charge is 2.33. The molecular formula is C17H13F4N3O2. The molecule has 0 fully saturated rings. The van der Waals surface area contributed by atoms with Crippen molar-refractivity contribution in [2.45, 2.75) is 26.6 Å². The molecule has 0 saturated carbocycles. The number of pyridine rings is 1. The highest BCUT2D eigenvalue weighted by molar-refractivity contribution is 6.06. The van der Waals surface area contributed by atoms with Crippen molar-refractivity contribution in [2.24, 2.45) is 0 Å². The summed E-state index contributed by atoms with van der Waals surface area (Å²) in [5.74, 6) is -1.61. The smallest absolute Gasteiger partial charge is 0.348 e. The molecule has 0 aliphatic heterocycles. The van der Waals surface area contributed by atoms with Crippen LogP contribution in [0.3, 0.4) is 0 Å². The summed E-state index contributed by atoms with van der Waals surface area (Å²) in [6.07, 6.45) is -4.73. The van der Waals surface area contributed by atoms with Crippen LogP contribution in [0.2, 0.25) is 0 Å². The fraction of sp³-hybridized carbons (Fsp3) is 0.235. The molecule has 1 aromatic carbocycles. The lowest BCUT2D eigenvalue weighted by molar-refractivity contribution is -0.138. The van der Waals surface area contributed by atoms with Crippen LogP contribution in [-0.2, 0) is 12.7 Å². The maximum Gasteiger partial charge on any atom is 0.416 e. The number of carbonyl (C=O) groups is 1. The summed E-state index contributed by atoms with van der Waals surface area (Å²) >= 11 is 0. The highest BCUT2D eigenvalue weighted by atomic mass is 19.4. The summed E-state index contributed by atoms with van der Waals surface area (Å²) in [6.45, 7) is 2.86. The molecule has 0 unspecified atom stereocenters. The quantitative estimate of drug-likeness (QED) is 0.713. The first kappa shape index (κ1) is 17.8. The molecule has 3 rings (SSSR count). The van der Waals surface area contributed by atoms with Crippen molar-refractivity contribution < 1.29 is 26.9 Å². The first-order valence-corrected chi connectivity index (χ1v) is 7.54. The number of aryl methyl sites for hydroxylation is 2. The average Bonchev–Trinajstić information content (AvgIpc) is 2.92. The monoisotopic (exact) mass is 367 g/mol. The molecule has 26 heavy (non-hydrogen) atoms. The number of nitrogens with zero attached hydrogens (tertiary/aromatic N) is 2. The predicted molar refractivity (Wildman–Crippen MR) is 83.9 cm³/mol. The van der Waals surface area contributed by atoms with E-state index in [0.717, 1.165) is 12.1 Å². The van der Waals surface area contributed by atoms with Gasteiger partial charge in [-0.2, -0.15) is 13.2 Å². The van der Waals surface area contributed by atoms with Crippen molar-refractivity contribution in [3.8, 4) is 0 Å².